The van der Waals surface area contributed by atoms with Crippen molar-refractivity contribution in [3.05, 3.63) is 59.1 Å². The van der Waals surface area contributed by atoms with Crippen molar-refractivity contribution in [3.8, 4) is 5.75 Å². The highest BCUT2D eigenvalue weighted by Crippen LogP contribution is 2.22. The Labute approximate surface area is 112 Å². The second-order valence-corrected chi connectivity index (χ2v) is 4.15. The molecule has 0 bridgehead atoms. The van der Waals surface area contributed by atoms with Crippen LogP contribution in [0.3, 0.4) is 0 Å². The number of rotatable bonds is 4. The molecule has 18 heavy (non-hydrogen) atoms. The molecule has 2 aromatic carbocycles. The largest absolute Gasteiger partial charge is 0.493 e. The van der Waals surface area contributed by atoms with E-state index in [1.165, 1.54) is 0 Å². The van der Waals surface area contributed by atoms with Crippen LogP contribution in [0.25, 0.3) is 0 Å². The summed E-state index contributed by atoms with van der Waals surface area (Å²) in [6.07, 6.45) is 1.77. The van der Waals surface area contributed by atoms with Gasteiger partial charge in [-0.25, -0.2) is 0 Å². The van der Waals surface area contributed by atoms with Crippen LogP contribution in [0.1, 0.15) is 12.5 Å². The van der Waals surface area contributed by atoms with E-state index in [1.54, 1.807) is 6.21 Å². The van der Waals surface area contributed by atoms with Crippen molar-refractivity contribution in [2.75, 3.05) is 6.61 Å². The molecule has 0 atom stereocenters. The molecule has 0 N–H and O–H groups in total. The van der Waals surface area contributed by atoms with E-state index < -0.39 is 0 Å². The van der Waals surface area contributed by atoms with Crippen molar-refractivity contribution in [2.24, 2.45) is 4.99 Å². The Balaban J connectivity index is 2.27. The first-order valence-electron chi connectivity index (χ1n) is 5.81. The maximum Gasteiger partial charge on any atom is 0.128 e. The van der Waals surface area contributed by atoms with Gasteiger partial charge in [0.05, 0.1) is 12.3 Å². The van der Waals surface area contributed by atoms with Gasteiger partial charge in [0.25, 0.3) is 0 Å². The predicted molar refractivity (Wildman–Crippen MR) is 76.3 cm³/mol. The molecule has 0 saturated carbocycles. The first-order valence-corrected chi connectivity index (χ1v) is 6.19. The Morgan fingerprint density at radius 3 is 2.67 bits per heavy atom. The zero-order valence-electron chi connectivity index (χ0n) is 10.1. The monoisotopic (exact) mass is 259 g/mol. The Morgan fingerprint density at radius 1 is 1.17 bits per heavy atom. The van der Waals surface area contributed by atoms with Gasteiger partial charge in [-0.1, -0.05) is 29.8 Å². The Kier molecular flexibility index (Phi) is 4.37. The van der Waals surface area contributed by atoms with Crippen molar-refractivity contribution in [3.63, 3.8) is 0 Å². The molecule has 0 heterocycles. The molecule has 0 saturated heterocycles. The topological polar surface area (TPSA) is 21.6 Å². The minimum atomic E-state index is 0.619. The van der Waals surface area contributed by atoms with Gasteiger partial charge in [0.2, 0.25) is 0 Å². The fraction of sp³-hybridized carbons (Fsp3) is 0.133. The number of benzene rings is 2. The van der Waals surface area contributed by atoms with E-state index in [0.29, 0.717) is 11.6 Å². The summed E-state index contributed by atoms with van der Waals surface area (Å²) in [6, 6.07) is 15.3. The lowest BCUT2D eigenvalue weighted by molar-refractivity contribution is 0.340. The number of ether oxygens (including phenoxy) is 1. The van der Waals surface area contributed by atoms with Crippen molar-refractivity contribution >= 4 is 23.5 Å². The van der Waals surface area contributed by atoms with E-state index in [0.717, 1.165) is 17.0 Å². The molecule has 0 aliphatic heterocycles. The van der Waals surface area contributed by atoms with Crippen molar-refractivity contribution in [1.29, 1.82) is 0 Å². The molecule has 0 aromatic heterocycles. The molecule has 2 nitrogen and oxygen atoms in total. The average Bonchev–Trinajstić information content (AvgIpc) is 2.40. The number of halogens is 1. The van der Waals surface area contributed by atoms with E-state index in [1.807, 2.05) is 55.5 Å². The van der Waals surface area contributed by atoms with Gasteiger partial charge in [-0.05, 0) is 37.3 Å². The first kappa shape index (κ1) is 12.7. The molecule has 0 radical (unpaired) electrons. The molecule has 0 aliphatic rings. The van der Waals surface area contributed by atoms with Crippen LogP contribution < -0.4 is 4.74 Å². The lowest BCUT2D eigenvalue weighted by Gasteiger charge is -2.06. The van der Waals surface area contributed by atoms with Crippen LogP contribution in [0, 0.1) is 0 Å². The summed E-state index contributed by atoms with van der Waals surface area (Å²) in [4.78, 5) is 4.40. The summed E-state index contributed by atoms with van der Waals surface area (Å²) in [7, 11) is 0. The van der Waals surface area contributed by atoms with Gasteiger partial charge < -0.3 is 4.74 Å². The zero-order valence-corrected chi connectivity index (χ0v) is 10.9. The Bertz CT molecular complexity index is 537. The number of para-hydroxylation sites is 1. The van der Waals surface area contributed by atoms with E-state index in [4.69, 9.17) is 16.3 Å². The van der Waals surface area contributed by atoms with Crippen LogP contribution in [-0.4, -0.2) is 12.8 Å². The standard InChI is InChI=1S/C15H14ClNO/c1-2-18-15-9-8-13(16)10-12(15)11-17-14-6-4-3-5-7-14/h3-11H,2H2,1H3. The van der Waals surface area contributed by atoms with Crippen LogP contribution in [0.2, 0.25) is 5.02 Å². The number of aliphatic imine (C=N–C) groups is 1. The highest BCUT2D eigenvalue weighted by Gasteiger charge is 2.01. The highest BCUT2D eigenvalue weighted by atomic mass is 35.5. The maximum absolute atomic E-state index is 5.98. The van der Waals surface area contributed by atoms with Crippen LogP contribution in [0.5, 0.6) is 5.75 Å². The van der Waals surface area contributed by atoms with Gasteiger partial charge >= 0.3 is 0 Å². The van der Waals surface area contributed by atoms with Crippen LogP contribution in [0.4, 0.5) is 5.69 Å². The summed E-state index contributed by atoms with van der Waals surface area (Å²) in [5.74, 6) is 0.793. The van der Waals surface area contributed by atoms with Gasteiger partial charge in [0.1, 0.15) is 5.75 Å². The highest BCUT2D eigenvalue weighted by molar-refractivity contribution is 6.30. The SMILES string of the molecule is CCOc1ccc(Cl)cc1C=Nc1ccccc1. The zero-order chi connectivity index (χ0) is 12.8. The lowest BCUT2D eigenvalue weighted by Crippen LogP contribution is -1.95. The quantitative estimate of drug-likeness (QED) is 0.742. The molecule has 0 fully saturated rings. The summed E-state index contributed by atoms with van der Waals surface area (Å²) < 4.78 is 5.53. The maximum atomic E-state index is 5.98. The third-order valence-corrected chi connectivity index (χ3v) is 2.62. The van der Waals surface area contributed by atoms with Crippen LogP contribution in [0.15, 0.2) is 53.5 Å². The van der Waals surface area contributed by atoms with Crippen molar-refractivity contribution in [1.82, 2.24) is 0 Å². The smallest absolute Gasteiger partial charge is 0.128 e. The number of hydrogen-bond acceptors (Lipinski definition) is 2. The molecule has 92 valence electrons. The number of hydrogen-bond donors (Lipinski definition) is 0. The minimum absolute atomic E-state index is 0.619. The van der Waals surface area contributed by atoms with Gasteiger partial charge in [0, 0.05) is 16.8 Å². The number of nitrogens with zero attached hydrogens (tertiary/aromatic N) is 1. The molecule has 0 spiro atoms. The second kappa shape index (κ2) is 6.22. The van der Waals surface area contributed by atoms with E-state index >= 15 is 0 Å². The molecule has 0 aliphatic carbocycles. The van der Waals surface area contributed by atoms with Crippen molar-refractivity contribution in [2.45, 2.75) is 6.92 Å². The van der Waals surface area contributed by atoms with E-state index in [2.05, 4.69) is 4.99 Å². The van der Waals surface area contributed by atoms with E-state index in [9.17, 15) is 0 Å². The second-order valence-electron chi connectivity index (χ2n) is 3.71. The third kappa shape index (κ3) is 3.34. The molecule has 3 heteroatoms. The fourth-order valence-electron chi connectivity index (χ4n) is 1.57. The fourth-order valence-corrected chi connectivity index (χ4v) is 1.75. The summed E-state index contributed by atoms with van der Waals surface area (Å²) in [6.45, 7) is 2.57. The first-order chi connectivity index (χ1) is 8.79. The molecule has 2 rings (SSSR count). The Morgan fingerprint density at radius 2 is 1.94 bits per heavy atom. The van der Waals surface area contributed by atoms with E-state index in [-0.39, 0.29) is 0 Å². The molecule has 0 amide bonds. The lowest BCUT2D eigenvalue weighted by atomic mass is 10.2. The normalized spacial score (nSPS) is 10.8. The van der Waals surface area contributed by atoms with Crippen LogP contribution in [-0.2, 0) is 0 Å². The van der Waals surface area contributed by atoms with Gasteiger partial charge in [0.15, 0.2) is 0 Å². The summed E-state index contributed by atoms with van der Waals surface area (Å²) in [5, 5.41) is 0.674. The van der Waals surface area contributed by atoms with Gasteiger partial charge in [-0.15, -0.1) is 0 Å². The van der Waals surface area contributed by atoms with Gasteiger partial charge in [-0.3, -0.25) is 4.99 Å². The van der Waals surface area contributed by atoms with Crippen molar-refractivity contribution < 1.29 is 4.74 Å². The van der Waals surface area contributed by atoms with Gasteiger partial charge in [-0.2, -0.15) is 0 Å². The molecule has 0 unspecified atom stereocenters. The summed E-state index contributed by atoms with van der Waals surface area (Å²) in [5.41, 5.74) is 1.79. The third-order valence-electron chi connectivity index (χ3n) is 2.38. The molecular weight excluding hydrogens is 246 g/mol. The predicted octanol–water partition coefficient (Wildman–Crippen LogP) is 4.49. The van der Waals surface area contributed by atoms with Crippen LogP contribution >= 0.6 is 11.6 Å². The summed E-state index contributed by atoms with van der Waals surface area (Å²) >= 11 is 5.98. The minimum Gasteiger partial charge on any atom is -0.493 e. The molecular formula is C15H14ClNO. The average molecular weight is 260 g/mol. The Hall–Kier alpha value is -1.80. The molecule has 2 aromatic rings.